The Kier molecular flexibility index (Phi) is 14.5. The van der Waals surface area contributed by atoms with E-state index in [0.29, 0.717) is 10.8 Å². The van der Waals surface area contributed by atoms with Gasteiger partial charge < -0.3 is 53.2 Å². The van der Waals surface area contributed by atoms with Gasteiger partial charge in [0.1, 0.15) is 0 Å². The van der Waals surface area contributed by atoms with Gasteiger partial charge in [0.05, 0.1) is 0 Å². The van der Waals surface area contributed by atoms with Gasteiger partial charge in [0.25, 0.3) is 0 Å². The van der Waals surface area contributed by atoms with Crippen LogP contribution in [0.5, 0.6) is 0 Å². The largest absolute Gasteiger partial charge is 0.642 e. The molecule has 194 valence electrons. The molecule has 4 aromatic carbocycles. The average Bonchev–Trinajstić information content (AvgIpc) is 3.43. The van der Waals surface area contributed by atoms with Crippen LogP contribution < -0.4 is 0 Å². The molecule has 0 amide bonds. The molecule has 0 aliphatic carbocycles. The minimum absolute atomic E-state index is 0. The molecule has 5 rings (SSSR count). The first-order valence-corrected chi connectivity index (χ1v) is 17.1. The minimum Gasteiger partial charge on any atom is -0.642 e. The molecule has 0 bridgehead atoms. The van der Waals surface area contributed by atoms with E-state index in [4.69, 9.17) is 0 Å². The Morgan fingerprint density at radius 2 is 1.00 bits per heavy atom. The molecule has 1 saturated heterocycles. The smallest absolute Gasteiger partial charge is 0 e. The van der Waals surface area contributed by atoms with Crippen molar-refractivity contribution in [3.8, 4) is 0 Å². The summed E-state index contributed by atoms with van der Waals surface area (Å²) < 4.78 is 0. The molecule has 1 aliphatic heterocycles. The van der Waals surface area contributed by atoms with Crippen LogP contribution in [0.2, 0.25) is 0 Å². The van der Waals surface area contributed by atoms with E-state index >= 15 is 0 Å². The minimum atomic E-state index is 0. The Hall–Kier alpha value is 0.627. The third-order valence-corrected chi connectivity index (χ3v) is 17.7. The van der Waals surface area contributed by atoms with Crippen LogP contribution in [0, 0.1) is 21.6 Å². The zero-order valence-electron chi connectivity index (χ0n) is 20.7. The molecule has 0 spiro atoms. The summed E-state index contributed by atoms with van der Waals surface area (Å²) in [6, 6.07) is 29.3. The van der Waals surface area contributed by atoms with Gasteiger partial charge in [-0.25, -0.2) is 0 Å². The zero-order valence-corrected chi connectivity index (χ0v) is 28.0. The molecule has 34 heavy (non-hydrogen) atoms. The fourth-order valence-electron chi connectivity index (χ4n) is 3.20. The van der Waals surface area contributed by atoms with E-state index in [0.717, 1.165) is 33.1 Å². The van der Waals surface area contributed by atoms with Gasteiger partial charge in [-0.3, -0.25) is 43.9 Å². The van der Waals surface area contributed by atoms with Crippen LogP contribution in [0.3, 0.4) is 0 Å². The molecule has 1 heterocycles. The first-order valence-electron chi connectivity index (χ1n) is 11.1. The molecular formula is C28H36P4Rh2-8. The zero-order chi connectivity index (χ0) is 23.2. The predicted octanol–water partition coefficient (Wildman–Crippen LogP) is 10.7. The number of rotatable bonds is 0. The van der Waals surface area contributed by atoms with Gasteiger partial charge in [0, 0.05) is 39.0 Å². The van der Waals surface area contributed by atoms with Gasteiger partial charge in [0.2, 0.25) is 0 Å². The van der Waals surface area contributed by atoms with Crippen molar-refractivity contribution in [2.24, 2.45) is 10.8 Å². The van der Waals surface area contributed by atoms with Gasteiger partial charge in [-0.2, -0.15) is 23.0 Å². The second-order valence-electron chi connectivity index (χ2n) is 10.1. The summed E-state index contributed by atoms with van der Waals surface area (Å²) in [6.07, 6.45) is 0. The van der Waals surface area contributed by atoms with E-state index in [1.165, 1.54) is 21.5 Å². The van der Waals surface area contributed by atoms with Crippen LogP contribution in [0.15, 0.2) is 84.9 Å². The molecule has 4 atom stereocenters. The van der Waals surface area contributed by atoms with E-state index in [1.807, 2.05) is 10.8 Å². The van der Waals surface area contributed by atoms with Gasteiger partial charge in [-0.15, -0.1) is 35.7 Å². The SMILES string of the molecule is CC(C)(C)[C-]1PP[C-](C(C)(C)C)PP1.[Rh].[Rh].c1cc[c-]2[cH-][cH-][cH-][c-]2c1.c1cc[c-]2cccc2c1. The summed E-state index contributed by atoms with van der Waals surface area (Å²) in [7, 11) is 4.50. The Bertz CT molecular complexity index is 932. The van der Waals surface area contributed by atoms with Crippen LogP contribution in [0.25, 0.3) is 21.5 Å². The van der Waals surface area contributed by atoms with E-state index in [9.17, 15) is 0 Å². The maximum Gasteiger partial charge on any atom is 0 e. The summed E-state index contributed by atoms with van der Waals surface area (Å²) in [6.45, 7) is 14.2. The summed E-state index contributed by atoms with van der Waals surface area (Å²) >= 11 is 0. The molecule has 1 aliphatic rings. The molecule has 6 heteroatoms. The van der Waals surface area contributed by atoms with Gasteiger partial charge in [0.15, 0.2) is 0 Å². The molecule has 0 N–H and O–H groups in total. The van der Waals surface area contributed by atoms with Crippen LogP contribution >= 0.6 is 33.1 Å². The number of hydrogen-bond acceptors (Lipinski definition) is 0. The average molecular weight is 702 g/mol. The van der Waals surface area contributed by atoms with Crippen molar-refractivity contribution in [1.29, 1.82) is 0 Å². The number of fused-ring (bicyclic) bond motifs is 2. The molecular weight excluding hydrogens is 666 g/mol. The molecule has 1 fully saturated rings. The Morgan fingerprint density at radius 1 is 0.588 bits per heavy atom. The van der Waals surface area contributed by atoms with Crippen molar-refractivity contribution in [3.05, 3.63) is 95.7 Å². The predicted molar refractivity (Wildman–Crippen MR) is 158 cm³/mol. The molecule has 2 radical (unpaired) electrons. The summed E-state index contributed by atoms with van der Waals surface area (Å²) in [5, 5.41) is 9.02. The topological polar surface area (TPSA) is 0 Å². The summed E-state index contributed by atoms with van der Waals surface area (Å²) in [5.74, 6) is 0. The number of benzene rings is 2. The Labute approximate surface area is 240 Å². The van der Waals surface area contributed by atoms with Crippen molar-refractivity contribution in [2.75, 3.05) is 0 Å². The van der Waals surface area contributed by atoms with Gasteiger partial charge >= 0.3 is 0 Å². The monoisotopic (exact) mass is 702 g/mol. The first kappa shape index (κ1) is 32.7. The molecule has 4 aromatic rings. The fraction of sp³-hybridized carbons (Fsp3) is 0.286. The van der Waals surface area contributed by atoms with Gasteiger partial charge in [-0.05, 0) is 0 Å². The van der Waals surface area contributed by atoms with E-state index < -0.39 is 0 Å². The third kappa shape index (κ3) is 10.2. The van der Waals surface area contributed by atoms with E-state index in [-0.39, 0.29) is 39.0 Å². The van der Waals surface area contributed by atoms with Crippen molar-refractivity contribution in [1.82, 2.24) is 0 Å². The summed E-state index contributed by atoms with van der Waals surface area (Å²) in [5.41, 5.74) is 0.945. The molecule has 0 nitrogen and oxygen atoms in total. The second-order valence-corrected chi connectivity index (χ2v) is 17.1. The number of hydrogen-bond donors (Lipinski definition) is 0. The second kappa shape index (κ2) is 15.1. The van der Waals surface area contributed by atoms with E-state index in [2.05, 4.69) is 126 Å². The summed E-state index contributed by atoms with van der Waals surface area (Å²) in [4.78, 5) is 0. The molecule has 0 aromatic heterocycles. The molecule has 0 saturated carbocycles. The normalized spacial score (nSPS) is 17.6. The van der Waals surface area contributed by atoms with Crippen LogP contribution in [-0.2, 0) is 39.0 Å². The quantitative estimate of drug-likeness (QED) is 0.0973. The van der Waals surface area contributed by atoms with Gasteiger partial charge in [-0.1, -0.05) is 46.9 Å². The third-order valence-electron chi connectivity index (χ3n) is 5.22. The first-order chi connectivity index (χ1) is 15.1. The van der Waals surface area contributed by atoms with Crippen molar-refractivity contribution in [2.45, 2.75) is 41.5 Å². The Morgan fingerprint density at radius 3 is 1.44 bits per heavy atom. The van der Waals surface area contributed by atoms with Crippen molar-refractivity contribution < 1.29 is 39.0 Å². The van der Waals surface area contributed by atoms with Crippen LogP contribution in [0.4, 0.5) is 0 Å². The Balaban J connectivity index is 0.000000255. The standard InChI is InChI=1S/C10H22P4.2C9H7.2Rh/c1-9(2,3)7-11-13-8(14-12-7)10(4,5)6;2*1-2-5-9-7-3-6-8(9)4-1;;/h11-14H,1-6H3;2*1-7H;;/q-2;-5;-1;;. The molecule has 4 unspecified atom stereocenters. The van der Waals surface area contributed by atoms with E-state index in [1.54, 1.807) is 0 Å². The van der Waals surface area contributed by atoms with Crippen molar-refractivity contribution >= 4 is 54.6 Å². The fourth-order valence-corrected chi connectivity index (χ4v) is 18.5. The maximum atomic E-state index is 2.37. The van der Waals surface area contributed by atoms with Crippen LogP contribution in [-0.4, -0.2) is 0 Å². The van der Waals surface area contributed by atoms with Crippen LogP contribution in [0.1, 0.15) is 41.5 Å². The maximum absolute atomic E-state index is 2.37. The van der Waals surface area contributed by atoms with Crippen molar-refractivity contribution in [3.63, 3.8) is 0 Å².